The average Bonchev–Trinajstić information content (AvgIpc) is 2.75. The monoisotopic (exact) mass is 210 g/mol. The van der Waals surface area contributed by atoms with Gasteiger partial charge in [-0.25, -0.2) is 4.79 Å². The zero-order valence-electron chi connectivity index (χ0n) is 8.59. The van der Waals surface area contributed by atoms with Crippen LogP contribution in [-0.4, -0.2) is 34.6 Å². The molecule has 15 heavy (non-hydrogen) atoms. The zero-order valence-corrected chi connectivity index (χ0v) is 8.59. The van der Waals surface area contributed by atoms with Gasteiger partial charge in [0.15, 0.2) is 0 Å². The van der Waals surface area contributed by atoms with Crippen molar-refractivity contribution in [1.29, 1.82) is 0 Å². The lowest BCUT2D eigenvalue weighted by molar-refractivity contribution is -0.134. The summed E-state index contributed by atoms with van der Waals surface area (Å²) >= 11 is 0. The molecule has 0 bridgehead atoms. The first kappa shape index (κ1) is 11.2. The van der Waals surface area contributed by atoms with Crippen LogP contribution in [0.2, 0.25) is 0 Å². The van der Waals surface area contributed by atoms with Gasteiger partial charge in [-0.05, 0) is 6.42 Å². The van der Waals surface area contributed by atoms with Crippen LogP contribution in [0.3, 0.4) is 0 Å². The lowest BCUT2D eigenvalue weighted by atomic mass is 10.4. The summed E-state index contributed by atoms with van der Waals surface area (Å²) in [6.07, 6.45) is 7.28. The maximum atomic E-state index is 10.7. The van der Waals surface area contributed by atoms with E-state index in [1.54, 1.807) is 17.1 Å². The number of aromatic nitrogens is 3. The van der Waals surface area contributed by atoms with E-state index in [9.17, 15) is 4.79 Å². The molecular formula is C9H14N4O2. The Kier molecular flexibility index (Phi) is 4.93. The summed E-state index contributed by atoms with van der Waals surface area (Å²) in [5.41, 5.74) is 0. The number of ether oxygens (including phenoxy) is 1. The molecule has 0 aliphatic heterocycles. The minimum absolute atomic E-state index is 0.362. The van der Waals surface area contributed by atoms with Gasteiger partial charge in [0.1, 0.15) is 0 Å². The quantitative estimate of drug-likeness (QED) is 0.405. The Labute approximate surface area is 87.9 Å². The van der Waals surface area contributed by atoms with Gasteiger partial charge >= 0.3 is 5.97 Å². The summed E-state index contributed by atoms with van der Waals surface area (Å²) in [6, 6.07) is 0. The Morgan fingerprint density at radius 3 is 3.20 bits per heavy atom. The summed E-state index contributed by atoms with van der Waals surface area (Å²) in [6.45, 7) is 1.58. The fourth-order valence-corrected chi connectivity index (χ4v) is 0.973. The van der Waals surface area contributed by atoms with E-state index in [0.717, 1.165) is 19.5 Å². The molecule has 0 atom stereocenters. The third-order valence-electron chi connectivity index (χ3n) is 1.72. The van der Waals surface area contributed by atoms with Gasteiger partial charge in [-0.1, -0.05) is 5.21 Å². The largest absolute Gasteiger partial charge is 0.466 e. The van der Waals surface area contributed by atoms with E-state index in [0.29, 0.717) is 0 Å². The van der Waals surface area contributed by atoms with Crippen LogP contribution in [0.1, 0.15) is 6.42 Å². The number of carbonyl (C=O) groups excluding carboxylic acids is 1. The van der Waals surface area contributed by atoms with Crippen molar-refractivity contribution in [3.63, 3.8) is 0 Å². The van der Waals surface area contributed by atoms with E-state index >= 15 is 0 Å². The molecule has 0 radical (unpaired) electrons. The van der Waals surface area contributed by atoms with Gasteiger partial charge in [-0.15, -0.1) is 5.10 Å². The fraction of sp³-hybridized carbons (Fsp3) is 0.444. The minimum Gasteiger partial charge on any atom is -0.466 e. The van der Waals surface area contributed by atoms with Crippen molar-refractivity contribution in [2.75, 3.05) is 13.7 Å². The second kappa shape index (κ2) is 6.58. The molecular weight excluding hydrogens is 196 g/mol. The molecule has 1 N–H and O–H groups in total. The molecule has 0 aromatic carbocycles. The summed E-state index contributed by atoms with van der Waals surface area (Å²) in [5, 5.41) is 10.5. The summed E-state index contributed by atoms with van der Waals surface area (Å²) in [5.74, 6) is -0.362. The average molecular weight is 210 g/mol. The number of aryl methyl sites for hydroxylation is 1. The van der Waals surface area contributed by atoms with Crippen LogP contribution >= 0.6 is 0 Å². The molecule has 0 unspecified atom stereocenters. The number of carbonyl (C=O) groups is 1. The van der Waals surface area contributed by atoms with E-state index in [1.165, 1.54) is 13.2 Å². The number of esters is 1. The zero-order chi connectivity index (χ0) is 10.9. The third-order valence-corrected chi connectivity index (χ3v) is 1.72. The molecule has 0 saturated heterocycles. The molecule has 0 saturated carbocycles. The molecule has 82 valence electrons. The van der Waals surface area contributed by atoms with Crippen LogP contribution in [0.15, 0.2) is 24.7 Å². The first-order chi connectivity index (χ1) is 7.33. The van der Waals surface area contributed by atoms with Crippen molar-refractivity contribution in [2.24, 2.45) is 0 Å². The summed E-state index contributed by atoms with van der Waals surface area (Å²) in [7, 11) is 1.34. The number of nitrogens with zero attached hydrogens (tertiary/aromatic N) is 3. The number of nitrogens with one attached hydrogen (secondary N) is 1. The SMILES string of the molecule is COC(=O)/C=C/NCCCn1ccnn1. The topological polar surface area (TPSA) is 69.0 Å². The van der Waals surface area contributed by atoms with Gasteiger partial charge < -0.3 is 10.1 Å². The van der Waals surface area contributed by atoms with Crippen LogP contribution in [0.4, 0.5) is 0 Å². The van der Waals surface area contributed by atoms with Crippen molar-refractivity contribution in [2.45, 2.75) is 13.0 Å². The van der Waals surface area contributed by atoms with Crippen LogP contribution in [0, 0.1) is 0 Å². The summed E-state index contributed by atoms with van der Waals surface area (Å²) < 4.78 is 6.18. The van der Waals surface area contributed by atoms with Crippen LogP contribution < -0.4 is 5.32 Å². The van der Waals surface area contributed by atoms with Gasteiger partial charge in [-0.3, -0.25) is 4.68 Å². The van der Waals surface area contributed by atoms with Crippen molar-refractivity contribution in [1.82, 2.24) is 20.3 Å². The maximum absolute atomic E-state index is 10.7. The van der Waals surface area contributed by atoms with E-state index in [-0.39, 0.29) is 5.97 Å². The predicted octanol–water partition coefficient (Wildman–Crippen LogP) is -0.0555. The minimum atomic E-state index is -0.362. The van der Waals surface area contributed by atoms with E-state index in [4.69, 9.17) is 0 Å². The Bertz CT molecular complexity index is 308. The molecule has 1 aromatic heterocycles. The van der Waals surface area contributed by atoms with Gasteiger partial charge in [0.25, 0.3) is 0 Å². The lowest BCUT2D eigenvalue weighted by Gasteiger charge is -2.00. The molecule has 0 aliphatic carbocycles. The standard InChI is InChI=1S/C9H14N4O2/c1-15-9(14)3-5-10-4-2-7-13-8-6-11-12-13/h3,5-6,8,10H,2,4,7H2,1H3/b5-3+. The third kappa shape index (κ3) is 4.80. The Balaban J connectivity index is 2.02. The molecule has 1 rings (SSSR count). The van der Waals surface area contributed by atoms with Crippen LogP contribution in [0.25, 0.3) is 0 Å². The molecule has 1 heterocycles. The van der Waals surface area contributed by atoms with E-state index < -0.39 is 0 Å². The number of hydrogen-bond donors (Lipinski definition) is 1. The first-order valence-electron chi connectivity index (χ1n) is 4.65. The van der Waals surface area contributed by atoms with E-state index in [2.05, 4.69) is 20.4 Å². The first-order valence-corrected chi connectivity index (χ1v) is 4.65. The van der Waals surface area contributed by atoms with Crippen LogP contribution in [0.5, 0.6) is 0 Å². The highest BCUT2D eigenvalue weighted by molar-refractivity contribution is 5.81. The van der Waals surface area contributed by atoms with Gasteiger partial charge in [0.05, 0.1) is 13.3 Å². The molecule has 0 fully saturated rings. The number of rotatable bonds is 6. The van der Waals surface area contributed by atoms with Gasteiger partial charge in [-0.2, -0.15) is 0 Å². The normalized spacial score (nSPS) is 10.5. The van der Waals surface area contributed by atoms with E-state index in [1.807, 2.05) is 6.20 Å². The molecule has 1 aromatic rings. The summed E-state index contributed by atoms with van der Waals surface area (Å²) in [4.78, 5) is 10.7. The molecule has 6 heteroatoms. The molecule has 0 aliphatic rings. The Morgan fingerprint density at radius 2 is 2.53 bits per heavy atom. The maximum Gasteiger partial charge on any atom is 0.331 e. The Morgan fingerprint density at radius 1 is 1.67 bits per heavy atom. The second-order valence-electron chi connectivity index (χ2n) is 2.83. The molecule has 6 nitrogen and oxygen atoms in total. The van der Waals surface area contributed by atoms with Crippen molar-refractivity contribution in [3.05, 3.63) is 24.7 Å². The molecule has 0 amide bonds. The smallest absolute Gasteiger partial charge is 0.331 e. The Hall–Kier alpha value is -1.85. The number of hydrogen-bond acceptors (Lipinski definition) is 5. The lowest BCUT2D eigenvalue weighted by Crippen LogP contribution is -2.11. The second-order valence-corrected chi connectivity index (χ2v) is 2.83. The van der Waals surface area contributed by atoms with Crippen molar-refractivity contribution < 1.29 is 9.53 Å². The van der Waals surface area contributed by atoms with Gasteiger partial charge in [0.2, 0.25) is 0 Å². The fourth-order valence-electron chi connectivity index (χ4n) is 0.973. The highest BCUT2D eigenvalue weighted by Crippen LogP contribution is 1.85. The van der Waals surface area contributed by atoms with Crippen molar-refractivity contribution >= 4 is 5.97 Å². The molecule has 0 spiro atoms. The highest BCUT2D eigenvalue weighted by atomic mass is 16.5. The predicted molar refractivity (Wildman–Crippen MR) is 53.8 cm³/mol. The van der Waals surface area contributed by atoms with Crippen molar-refractivity contribution in [3.8, 4) is 0 Å². The highest BCUT2D eigenvalue weighted by Gasteiger charge is 1.91. The van der Waals surface area contributed by atoms with Gasteiger partial charge in [0, 0.05) is 31.6 Å². The number of methoxy groups -OCH3 is 1. The van der Waals surface area contributed by atoms with Crippen LogP contribution in [-0.2, 0) is 16.1 Å².